The van der Waals surface area contributed by atoms with Gasteiger partial charge in [0.1, 0.15) is 5.82 Å². The summed E-state index contributed by atoms with van der Waals surface area (Å²) in [5.41, 5.74) is 8.00. The summed E-state index contributed by atoms with van der Waals surface area (Å²) in [6.07, 6.45) is 1.41. The van der Waals surface area contributed by atoms with Crippen LogP contribution in [0.4, 0.5) is 4.39 Å². The molecule has 0 spiro atoms. The molecule has 0 bridgehead atoms. The first-order valence-electron chi connectivity index (χ1n) is 5.54. The van der Waals surface area contributed by atoms with Gasteiger partial charge in [-0.05, 0) is 31.0 Å². The van der Waals surface area contributed by atoms with Crippen LogP contribution in [0.25, 0.3) is 0 Å². The number of benzene rings is 1. The van der Waals surface area contributed by atoms with Crippen molar-refractivity contribution in [1.29, 1.82) is 0 Å². The van der Waals surface area contributed by atoms with Crippen LogP contribution in [-0.2, 0) is 12.8 Å². The number of hydrogen-bond donors (Lipinski definition) is 1. The molecule has 0 aliphatic rings. The Bertz CT molecular complexity index is 496. The van der Waals surface area contributed by atoms with Crippen LogP contribution < -0.4 is 5.73 Å². The zero-order chi connectivity index (χ0) is 12.3. The highest BCUT2D eigenvalue weighted by molar-refractivity contribution is 7.09. The van der Waals surface area contributed by atoms with Gasteiger partial charge >= 0.3 is 0 Å². The van der Waals surface area contributed by atoms with E-state index in [9.17, 15) is 4.39 Å². The third-order valence-corrected chi connectivity index (χ3v) is 3.35. The lowest BCUT2D eigenvalue weighted by Crippen LogP contribution is -2.25. The van der Waals surface area contributed by atoms with E-state index in [-0.39, 0.29) is 11.9 Å². The molecular formula is C13H15FN2S. The second-order valence-corrected chi connectivity index (χ2v) is 5.22. The van der Waals surface area contributed by atoms with Gasteiger partial charge in [-0.1, -0.05) is 12.1 Å². The number of hydrogen-bond acceptors (Lipinski definition) is 3. The van der Waals surface area contributed by atoms with E-state index in [1.165, 1.54) is 12.1 Å². The molecule has 0 aliphatic heterocycles. The number of nitrogens with zero attached hydrogens (tertiary/aromatic N) is 1. The smallest absolute Gasteiger partial charge is 0.123 e. The Balaban J connectivity index is 1.95. The van der Waals surface area contributed by atoms with Gasteiger partial charge in [-0.25, -0.2) is 9.37 Å². The average Bonchev–Trinajstić information content (AvgIpc) is 2.63. The van der Waals surface area contributed by atoms with Gasteiger partial charge in [-0.3, -0.25) is 0 Å². The van der Waals surface area contributed by atoms with Crippen molar-refractivity contribution in [1.82, 2.24) is 4.98 Å². The van der Waals surface area contributed by atoms with Gasteiger partial charge in [0.25, 0.3) is 0 Å². The minimum absolute atomic E-state index is 0.0155. The second-order valence-electron chi connectivity index (χ2n) is 4.16. The molecule has 0 saturated heterocycles. The van der Waals surface area contributed by atoms with Gasteiger partial charge in [-0.2, -0.15) is 0 Å². The number of rotatable bonds is 4. The maximum Gasteiger partial charge on any atom is 0.123 e. The molecule has 0 radical (unpaired) electrons. The van der Waals surface area contributed by atoms with E-state index in [4.69, 9.17) is 5.73 Å². The van der Waals surface area contributed by atoms with Gasteiger partial charge in [0.05, 0.1) is 10.7 Å². The molecule has 0 aliphatic carbocycles. The number of aryl methyl sites for hydroxylation is 1. The first kappa shape index (κ1) is 12.2. The van der Waals surface area contributed by atoms with Crippen molar-refractivity contribution in [3.63, 3.8) is 0 Å². The molecule has 17 heavy (non-hydrogen) atoms. The monoisotopic (exact) mass is 250 g/mol. The van der Waals surface area contributed by atoms with Crippen LogP contribution >= 0.6 is 11.3 Å². The maximum atomic E-state index is 13.0. The van der Waals surface area contributed by atoms with E-state index in [0.717, 1.165) is 22.7 Å². The molecule has 1 atom stereocenters. The highest BCUT2D eigenvalue weighted by Gasteiger charge is 2.08. The third-order valence-electron chi connectivity index (χ3n) is 2.52. The van der Waals surface area contributed by atoms with Crippen LogP contribution in [0.2, 0.25) is 0 Å². The average molecular weight is 250 g/mol. The van der Waals surface area contributed by atoms with Gasteiger partial charge in [0, 0.05) is 17.8 Å². The van der Waals surface area contributed by atoms with Crippen LogP contribution in [0.5, 0.6) is 0 Å². The number of halogens is 1. The molecule has 1 unspecified atom stereocenters. The fourth-order valence-electron chi connectivity index (χ4n) is 1.81. The predicted molar refractivity (Wildman–Crippen MR) is 68.6 cm³/mol. The summed E-state index contributed by atoms with van der Waals surface area (Å²) in [5.74, 6) is -0.209. The Morgan fingerprint density at radius 3 is 2.88 bits per heavy atom. The molecule has 2 nitrogen and oxygen atoms in total. The van der Waals surface area contributed by atoms with Crippen LogP contribution in [-0.4, -0.2) is 11.0 Å². The van der Waals surface area contributed by atoms with Crippen LogP contribution in [0.1, 0.15) is 16.3 Å². The zero-order valence-electron chi connectivity index (χ0n) is 9.69. The molecule has 2 N–H and O–H groups in total. The highest BCUT2D eigenvalue weighted by Crippen LogP contribution is 2.12. The van der Waals surface area contributed by atoms with Crippen LogP contribution in [0, 0.1) is 12.7 Å². The Kier molecular flexibility index (Phi) is 3.86. The predicted octanol–water partition coefficient (Wildman–Crippen LogP) is 2.70. The van der Waals surface area contributed by atoms with Crippen molar-refractivity contribution in [3.8, 4) is 0 Å². The fraction of sp³-hybridized carbons (Fsp3) is 0.308. The van der Waals surface area contributed by atoms with Gasteiger partial charge in [0.15, 0.2) is 0 Å². The number of thiazole rings is 1. The molecule has 1 heterocycles. The van der Waals surface area contributed by atoms with E-state index in [1.54, 1.807) is 17.4 Å². The van der Waals surface area contributed by atoms with Crippen molar-refractivity contribution in [2.24, 2.45) is 5.73 Å². The Morgan fingerprint density at radius 2 is 2.24 bits per heavy atom. The van der Waals surface area contributed by atoms with E-state index < -0.39 is 0 Å². The Hall–Kier alpha value is -1.26. The lowest BCUT2D eigenvalue weighted by molar-refractivity contribution is 0.617. The molecule has 2 rings (SSSR count). The third kappa shape index (κ3) is 3.61. The minimum atomic E-state index is -0.209. The summed E-state index contributed by atoms with van der Waals surface area (Å²) in [6.45, 7) is 1.98. The summed E-state index contributed by atoms with van der Waals surface area (Å²) in [7, 11) is 0. The molecule has 4 heteroatoms. The summed E-state index contributed by atoms with van der Waals surface area (Å²) >= 11 is 1.63. The molecule has 90 valence electrons. The van der Waals surface area contributed by atoms with E-state index in [2.05, 4.69) is 4.98 Å². The highest BCUT2D eigenvalue weighted by atomic mass is 32.1. The molecule has 0 amide bonds. The SMILES string of the molecule is Cc1nc(CC(N)Cc2cccc(F)c2)cs1. The molecular weight excluding hydrogens is 235 g/mol. The molecule has 0 fully saturated rings. The first-order chi connectivity index (χ1) is 8.13. The second kappa shape index (κ2) is 5.38. The summed E-state index contributed by atoms with van der Waals surface area (Å²) < 4.78 is 13.0. The number of aromatic nitrogens is 1. The fourth-order valence-corrected chi connectivity index (χ4v) is 2.43. The van der Waals surface area contributed by atoms with Crippen molar-refractivity contribution < 1.29 is 4.39 Å². The summed E-state index contributed by atoms with van der Waals surface area (Å²) in [4.78, 5) is 4.37. The van der Waals surface area contributed by atoms with Crippen molar-refractivity contribution in [3.05, 3.63) is 51.7 Å². The van der Waals surface area contributed by atoms with E-state index in [1.807, 2.05) is 18.4 Å². The lowest BCUT2D eigenvalue weighted by atomic mass is 10.0. The Morgan fingerprint density at radius 1 is 1.41 bits per heavy atom. The largest absolute Gasteiger partial charge is 0.327 e. The molecule has 1 aromatic heterocycles. The minimum Gasteiger partial charge on any atom is -0.327 e. The van der Waals surface area contributed by atoms with E-state index in [0.29, 0.717) is 6.42 Å². The zero-order valence-corrected chi connectivity index (χ0v) is 10.5. The Labute approximate surface area is 104 Å². The quantitative estimate of drug-likeness (QED) is 0.906. The molecule has 0 saturated carbocycles. The van der Waals surface area contributed by atoms with Crippen LogP contribution in [0.3, 0.4) is 0 Å². The van der Waals surface area contributed by atoms with Gasteiger partial charge < -0.3 is 5.73 Å². The maximum absolute atomic E-state index is 13.0. The standard InChI is InChI=1S/C13H15FN2S/c1-9-16-13(8-17-9)7-12(15)6-10-3-2-4-11(14)5-10/h2-5,8,12H,6-7,15H2,1H3. The summed E-state index contributed by atoms with van der Waals surface area (Å²) in [5, 5.41) is 3.08. The topological polar surface area (TPSA) is 38.9 Å². The van der Waals surface area contributed by atoms with E-state index >= 15 is 0 Å². The van der Waals surface area contributed by atoms with Crippen molar-refractivity contribution in [2.75, 3.05) is 0 Å². The van der Waals surface area contributed by atoms with Crippen molar-refractivity contribution >= 4 is 11.3 Å². The van der Waals surface area contributed by atoms with Gasteiger partial charge in [-0.15, -0.1) is 11.3 Å². The number of nitrogens with two attached hydrogens (primary N) is 1. The molecule has 2 aromatic rings. The van der Waals surface area contributed by atoms with Crippen LogP contribution in [0.15, 0.2) is 29.6 Å². The summed E-state index contributed by atoms with van der Waals surface area (Å²) in [6, 6.07) is 6.57. The van der Waals surface area contributed by atoms with Crippen molar-refractivity contribution in [2.45, 2.75) is 25.8 Å². The molecule has 1 aromatic carbocycles. The first-order valence-corrected chi connectivity index (χ1v) is 6.42. The van der Waals surface area contributed by atoms with Gasteiger partial charge in [0.2, 0.25) is 0 Å². The normalized spacial score (nSPS) is 12.6. The lowest BCUT2D eigenvalue weighted by Gasteiger charge is -2.10.